The van der Waals surface area contributed by atoms with E-state index in [2.05, 4.69) is 62.0 Å². The monoisotopic (exact) mass is 423 g/mol. The van der Waals surface area contributed by atoms with Crippen molar-refractivity contribution in [3.63, 3.8) is 0 Å². The highest BCUT2D eigenvalue weighted by molar-refractivity contribution is 5.86. The maximum atomic E-state index is 11.9. The average molecular weight is 424 g/mol. The zero-order valence-corrected chi connectivity index (χ0v) is 18.9. The molecule has 0 heterocycles. The molecule has 166 valence electrons. The van der Waals surface area contributed by atoms with E-state index in [0.29, 0.717) is 25.0 Å². The smallest absolute Gasteiger partial charge is 0.333 e. The zero-order valence-electron chi connectivity index (χ0n) is 18.9. The third-order valence-corrected chi connectivity index (χ3v) is 4.75. The van der Waals surface area contributed by atoms with E-state index in [1.165, 1.54) is 11.1 Å². The van der Waals surface area contributed by atoms with E-state index in [-0.39, 0.29) is 18.5 Å². The van der Waals surface area contributed by atoms with E-state index in [4.69, 9.17) is 9.47 Å². The van der Waals surface area contributed by atoms with Gasteiger partial charge in [-0.15, -0.1) is 0 Å². The minimum Gasteiger partial charge on any atom is -0.462 e. The minimum atomic E-state index is -0.369. The van der Waals surface area contributed by atoms with Crippen LogP contribution in [0.25, 0.3) is 11.1 Å². The summed E-state index contributed by atoms with van der Waals surface area (Å²) in [6.07, 6.45) is 2.61. The SMILES string of the molecule is C=C(C)C(=O)OCCCCCC(=O)OCc1ccc(-c2ccc(CN(C)C)cc2)cc1. The number of carbonyl (C=O) groups is 2. The van der Waals surface area contributed by atoms with Crippen molar-refractivity contribution in [2.75, 3.05) is 20.7 Å². The lowest BCUT2D eigenvalue weighted by atomic mass is 10.0. The molecule has 2 aromatic rings. The first kappa shape index (κ1) is 24.4. The highest BCUT2D eigenvalue weighted by Crippen LogP contribution is 2.21. The highest BCUT2D eigenvalue weighted by atomic mass is 16.5. The summed E-state index contributed by atoms with van der Waals surface area (Å²) >= 11 is 0. The number of esters is 2. The van der Waals surface area contributed by atoms with E-state index >= 15 is 0 Å². The van der Waals surface area contributed by atoms with Gasteiger partial charge in [-0.25, -0.2) is 4.79 Å². The lowest BCUT2D eigenvalue weighted by Crippen LogP contribution is -2.10. The Hall–Kier alpha value is -2.92. The van der Waals surface area contributed by atoms with E-state index in [1.54, 1.807) is 6.92 Å². The number of unbranched alkanes of at least 4 members (excludes halogenated alkanes) is 2. The summed E-state index contributed by atoms with van der Waals surface area (Å²) in [6, 6.07) is 16.6. The van der Waals surface area contributed by atoms with Crippen LogP contribution in [0.2, 0.25) is 0 Å². The first-order valence-electron chi connectivity index (χ1n) is 10.7. The van der Waals surface area contributed by atoms with Gasteiger partial charge in [-0.3, -0.25) is 4.79 Å². The Kier molecular flexibility index (Phi) is 9.98. The molecule has 0 amide bonds. The summed E-state index contributed by atoms with van der Waals surface area (Å²) in [5.41, 5.74) is 4.95. The van der Waals surface area contributed by atoms with E-state index < -0.39 is 0 Å². The summed E-state index contributed by atoms with van der Waals surface area (Å²) in [6.45, 7) is 6.71. The quantitative estimate of drug-likeness (QED) is 0.269. The molecule has 0 saturated heterocycles. The van der Waals surface area contributed by atoms with Crippen LogP contribution in [-0.2, 0) is 32.2 Å². The van der Waals surface area contributed by atoms with Gasteiger partial charge in [0, 0.05) is 18.5 Å². The Balaban J connectivity index is 1.68. The average Bonchev–Trinajstić information content (AvgIpc) is 2.75. The van der Waals surface area contributed by atoms with Crippen LogP contribution >= 0.6 is 0 Å². The van der Waals surface area contributed by atoms with Crippen molar-refractivity contribution >= 4 is 11.9 Å². The zero-order chi connectivity index (χ0) is 22.6. The lowest BCUT2D eigenvalue weighted by molar-refractivity contribution is -0.145. The van der Waals surface area contributed by atoms with Gasteiger partial charge in [0.1, 0.15) is 6.61 Å². The molecule has 0 atom stereocenters. The predicted molar refractivity (Wildman–Crippen MR) is 123 cm³/mol. The summed E-state index contributed by atoms with van der Waals surface area (Å²) < 4.78 is 10.4. The topological polar surface area (TPSA) is 55.8 Å². The second-order valence-corrected chi connectivity index (χ2v) is 8.02. The molecule has 0 N–H and O–H groups in total. The van der Waals surface area contributed by atoms with Gasteiger partial charge in [0.15, 0.2) is 0 Å². The first-order valence-corrected chi connectivity index (χ1v) is 10.7. The fourth-order valence-corrected chi connectivity index (χ4v) is 3.03. The number of rotatable bonds is 12. The van der Waals surface area contributed by atoms with Crippen LogP contribution in [0.15, 0.2) is 60.7 Å². The van der Waals surface area contributed by atoms with Crippen molar-refractivity contribution in [1.29, 1.82) is 0 Å². The maximum absolute atomic E-state index is 11.9. The molecular formula is C26H33NO4. The van der Waals surface area contributed by atoms with Gasteiger partial charge in [-0.1, -0.05) is 55.1 Å². The maximum Gasteiger partial charge on any atom is 0.333 e. The number of nitrogens with zero attached hydrogens (tertiary/aromatic N) is 1. The van der Waals surface area contributed by atoms with Crippen LogP contribution in [0.5, 0.6) is 0 Å². The van der Waals surface area contributed by atoms with Crippen LogP contribution < -0.4 is 0 Å². The molecule has 0 aliphatic carbocycles. The predicted octanol–water partition coefficient (Wildman–Crippen LogP) is 5.14. The third-order valence-electron chi connectivity index (χ3n) is 4.75. The Morgan fingerprint density at radius 2 is 1.42 bits per heavy atom. The van der Waals surface area contributed by atoms with Crippen LogP contribution in [0.1, 0.15) is 43.7 Å². The van der Waals surface area contributed by atoms with Gasteiger partial charge in [0.05, 0.1) is 6.61 Å². The summed E-state index contributed by atoms with van der Waals surface area (Å²) in [4.78, 5) is 25.3. The van der Waals surface area contributed by atoms with Gasteiger partial charge in [-0.2, -0.15) is 0 Å². The molecule has 5 heteroatoms. The molecule has 0 aromatic heterocycles. The molecule has 0 aliphatic rings. The Morgan fingerprint density at radius 1 is 0.839 bits per heavy atom. The number of hydrogen-bond acceptors (Lipinski definition) is 5. The Morgan fingerprint density at radius 3 is 1.97 bits per heavy atom. The van der Waals surface area contributed by atoms with Gasteiger partial charge >= 0.3 is 11.9 Å². The van der Waals surface area contributed by atoms with Crippen LogP contribution in [-0.4, -0.2) is 37.5 Å². The molecule has 0 aliphatic heterocycles. The fraction of sp³-hybridized carbons (Fsp3) is 0.385. The normalized spacial score (nSPS) is 10.7. The van der Waals surface area contributed by atoms with Crippen LogP contribution in [0.3, 0.4) is 0 Å². The minimum absolute atomic E-state index is 0.209. The van der Waals surface area contributed by atoms with Crippen molar-refractivity contribution in [3.05, 3.63) is 71.8 Å². The molecule has 2 aromatic carbocycles. The molecule has 31 heavy (non-hydrogen) atoms. The standard InChI is InChI=1S/C26H33NO4/c1-20(2)26(29)30-17-7-5-6-8-25(28)31-19-22-11-15-24(16-12-22)23-13-9-21(10-14-23)18-27(3)4/h9-16H,1,5-8,17-19H2,2-4H3. The molecule has 0 saturated carbocycles. The first-order chi connectivity index (χ1) is 14.8. The second-order valence-electron chi connectivity index (χ2n) is 8.02. The van der Waals surface area contributed by atoms with E-state index in [9.17, 15) is 9.59 Å². The molecule has 0 unspecified atom stereocenters. The third kappa shape index (κ3) is 9.18. The molecule has 5 nitrogen and oxygen atoms in total. The lowest BCUT2D eigenvalue weighted by Gasteiger charge is -2.10. The molecular weight excluding hydrogens is 390 g/mol. The van der Waals surface area contributed by atoms with Gasteiger partial charge < -0.3 is 14.4 Å². The van der Waals surface area contributed by atoms with Crippen molar-refractivity contribution in [2.24, 2.45) is 0 Å². The summed E-state index contributed by atoms with van der Waals surface area (Å²) in [7, 11) is 4.12. The molecule has 0 radical (unpaired) electrons. The largest absolute Gasteiger partial charge is 0.462 e. The van der Waals surface area contributed by atoms with Crippen molar-refractivity contribution < 1.29 is 19.1 Å². The Bertz CT molecular complexity index is 854. The van der Waals surface area contributed by atoms with E-state index in [0.717, 1.165) is 30.5 Å². The molecule has 0 spiro atoms. The van der Waals surface area contributed by atoms with Crippen molar-refractivity contribution in [3.8, 4) is 11.1 Å². The molecule has 0 bridgehead atoms. The number of hydrogen-bond donors (Lipinski definition) is 0. The fourth-order valence-electron chi connectivity index (χ4n) is 3.03. The van der Waals surface area contributed by atoms with E-state index in [1.807, 2.05) is 12.1 Å². The molecule has 2 rings (SSSR count). The van der Waals surface area contributed by atoms with Crippen molar-refractivity contribution in [1.82, 2.24) is 4.90 Å². The number of benzene rings is 2. The van der Waals surface area contributed by atoms with Gasteiger partial charge in [-0.05, 0) is 62.5 Å². The van der Waals surface area contributed by atoms with Crippen LogP contribution in [0, 0.1) is 0 Å². The summed E-state index contributed by atoms with van der Waals surface area (Å²) in [5, 5.41) is 0. The second kappa shape index (κ2) is 12.7. The molecule has 0 fully saturated rings. The summed E-state index contributed by atoms with van der Waals surface area (Å²) in [5.74, 6) is -0.578. The Labute approximate surface area is 185 Å². The van der Waals surface area contributed by atoms with Crippen LogP contribution in [0.4, 0.5) is 0 Å². The van der Waals surface area contributed by atoms with Gasteiger partial charge in [0.2, 0.25) is 0 Å². The number of ether oxygens (including phenoxy) is 2. The number of carbonyl (C=O) groups excluding carboxylic acids is 2. The highest BCUT2D eigenvalue weighted by Gasteiger charge is 2.06. The van der Waals surface area contributed by atoms with Gasteiger partial charge in [0.25, 0.3) is 0 Å². The van der Waals surface area contributed by atoms with Crippen molar-refractivity contribution in [2.45, 2.75) is 45.8 Å².